The number of rotatable bonds is 2. The number of benzene rings is 2. The van der Waals surface area contributed by atoms with Gasteiger partial charge in [0.15, 0.2) is 0 Å². The van der Waals surface area contributed by atoms with E-state index in [9.17, 15) is 4.79 Å². The van der Waals surface area contributed by atoms with Crippen LogP contribution in [0.2, 0.25) is 0 Å². The summed E-state index contributed by atoms with van der Waals surface area (Å²) < 4.78 is 0. The van der Waals surface area contributed by atoms with Crippen molar-refractivity contribution in [2.75, 3.05) is 5.32 Å². The fourth-order valence-corrected chi connectivity index (χ4v) is 2.88. The van der Waals surface area contributed by atoms with Gasteiger partial charge in [0.1, 0.15) is 11.3 Å². The molecule has 4 N–H and O–H groups in total. The molecule has 5 heteroatoms. The van der Waals surface area contributed by atoms with Crippen molar-refractivity contribution in [3.8, 4) is 0 Å². The molecule has 0 radical (unpaired) electrons. The van der Waals surface area contributed by atoms with E-state index in [0.29, 0.717) is 11.1 Å². The standard InChI is InChI=1S/C16H14N4O/c17-15(21)10-5-3-7-12-14(10)20-16(19-12)13-8-9-4-1-2-6-11(9)18-13/h1-7,13,18H,8H2,(H2,17,21)(H,19,20). The molecule has 3 aromatic rings. The summed E-state index contributed by atoms with van der Waals surface area (Å²) >= 11 is 0. The average molecular weight is 278 g/mol. The van der Waals surface area contributed by atoms with Gasteiger partial charge >= 0.3 is 0 Å². The monoisotopic (exact) mass is 278 g/mol. The van der Waals surface area contributed by atoms with Crippen molar-refractivity contribution < 1.29 is 4.79 Å². The van der Waals surface area contributed by atoms with E-state index in [1.54, 1.807) is 12.1 Å². The lowest BCUT2D eigenvalue weighted by Gasteiger charge is -2.07. The second-order valence-corrected chi connectivity index (χ2v) is 5.25. The molecule has 104 valence electrons. The van der Waals surface area contributed by atoms with Crippen molar-refractivity contribution in [3.63, 3.8) is 0 Å². The number of nitrogens with one attached hydrogen (secondary N) is 2. The third kappa shape index (κ3) is 1.86. The number of anilines is 1. The maximum absolute atomic E-state index is 11.5. The van der Waals surface area contributed by atoms with Gasteiger partial charge in [-0.2, -0.15) is 0 Å². The minimum atomic E-state index is -0.457. The molecule has 4 rings (SSSR count). The molecule has 0 aliphatic carbocycles. The highest BCUT2D eigenvalue weighted by Crippen LogP contribution is 2.33. The lowest BCUT2D eigenvalue weighted by atomic mass is 10.1. The molecule has 1 amide bonds. The highest BCUT2D eigenvalue weighted by Gasteiger charge is 2.24. The van der Waals surface area contributed by atoms with Gasteiger partial charge in [0.05, 0.1) is 17.1 Å². The number of amides is 1. The Morgan fingerprint density at radius 1 is 1.19 bits per heavy atom. The predicted molar refractivity (Wildman–Crippen MR) is 81.1 cm³/mol. The Balaban J connectivity index is 1.76. The van der Waals surface area contributed by atoms with Gasteiger partial charge in [-0.15, -0.1) is 0 Å². The van der Waals surface area contributed by atoms with Crippen molar-refractivity contribution in [1.82, 2.24) is 9.97 Å². The molecule has 1 unspecified atom stereocenters. The van der Waals surface area contributed by atoms with E-state index in [-0.39, 0.29) is 6.04 Å². The lowest BCUT2D eigenvalue weighted by molar-refractivity contribution is 0.100. The summed E-state index contributed by atoms with van der Waals surface area (Å²) in [5.74, 6) is 0.371. The Morgan fingerprint density at radius 2 is 2.05 bits per heavy atom. The van der Waals surface area contributed by atoms with Crippen LogP contribution in [0.15, 0.2) is 42.5 Å². The summed E-state index contributed by atoms with van der Waals surface area (Å²) in [6, 6.07) is 13.7. The van der Waals surface area contributed by atoms with Gasteiger partial charge in [-0.1, -0.05) is 24.3 Å². The number of nitrogens with two attached hydrogens (primary N) is 1. The second kappa shape index (κ2) is 4.34. The first kappa shape index (κ1) is 12.0. The van der Waals surface area contributed by atoms with E-state index in [0.717, 1.165) is 23.4 Å². The normalized spacial score (nSPS) is 16.7. The van der Waals surface area contributed by atoms with Crippen LogP contribution in [0.5, 0.6) is 0 Å². The van der Waals surface area contributed by atoms with Crippen LogP contribution in [0.25, 0.3) is 11.0 Å². The van der Waals surface area contributed by atoms with Crippen LogP contribution < -0.4 is 11.1 Å². The molecule has 2 heterocycles. The summed E-state index contributed by atoms with van der Waals surface area (Å²) in [6.07, 6.45) is 0.877. The van der Waals surface area contributed by atoms with Crippen LogP contribution >= 0.6 is 0 Å². The van der Waals surface area contributed by atoms with Crippen LogP contribution in [0.4, 0.5) is 5.69 Å². The number of carbonyl (C=O) groups excluding carboxylic acids is 1. The SMILES string of the molecule is NC(=O)c1cccc2[nH]c(C3Cc4ccccc4N3)nc12. The summed E-state index contributed by atoms with van der Waals surface area (Å²) in [4.78, 5) is 19.3. The number of H-pyrrole nitrogens is 1. The van der Waals surface area contributed by atoms with Gasteiger partial charge < -0.3 is 16.0 Å². The largest absolute Gasteiger partial charge is 0.375 e. The highest BCUT2D eigenvalue weighted by molar-refractivity contribution is 6.04. The number of fused-ring (bicyclic) bond motifs is 2. The molecule has 0 spiro atoms. The minimum absolute atomic E-state index is 0.0931. The maximum Gasteiger partial charge on any atom is 0.250 e. The number of imidazole rings is 1. The number of para-hydroxylation sites is 2. The number of hydrogen-bond acceptors (Lipinski definition) is 3. The summed E-state index contributed by atoms with van der Waals surface area (Å²) in [7, 11) is 0. The molecule has 0 bridgehead atoms. The van der Waals surface area contributed by atoms with E-state index in [1.807, 2.05) is 18.2 Å². The Bertz CT molecular complexity index is 827. The van der Waals surface area contributed by atoms with Crippen LogP contribution in [0.1, 0.15) is 27.8 Å². The Hall–Kier alpha value is -2.82. The van der Waals surface area contributed by atoms with Gasteiger partial charge in [-0.05, 0) is 23.8 Å². The first-order valence-electron chi connectivity index (χ1n) is 6.85. The van der Waals surface area contributed by atoms with Crippen LogP contribution in [0.3, 0.4) is 0 Å². The molecule has 1 aliphatic heterocycles. The number of aromatic amines is 1. The lowest BCUT2D eigenvalue weighted by Crippen LogP contribution is -2.11. The van der Waals surface area contributed by atoms with Crippen LogP contribution in [-0.2, 0) is 6.42 Å². The Kier molecular flexibility index (Phi) is 2.47. The van der Waals surface area contributed by atoms with Crippen molar-refractivity contribution in [1.29, 1.82) is 0 Å². The van der Waals surface area contributed by atoms with E-state index < -0.39 is 5.91 Å². The van der Waals surface area contributed by atoms with Gasteiger partial charge in [0.2, 0.25) is 0 Å². The van der Waals surface area contributed by atoms with Gasteiger partial charge in [-0.3, -0.25) is 4.79 Å². The zero-order valence-electron chi connectivity index (χ0n) is 11.3. The molecule has 0 saturated heterocycles. The molecule has 1 aliphatic rings. The predicted octanol–water partition coefficient (Wildman–Crippen LogP) is 2.37. The molecular weight excluding hydrogens is 264 g/mol. The molecule has 1 atom stereocenters. The maximum atomic E-state index is 11.5. The Morgan fingerprint density at radius 3 is 2.86 bits per heavy atom. The quantitative estimate of drug-likeness (QED) is 0.673. The third-order valence-electron chi connectivity index (χ3n) is 3.90. The molecule has 5 nitrogen and oxygen atoms in total. The van der Waals surface area contributed by atoms with E-state index >= 15 is 0 Å². The van der Waals surface area contributed by atoms with Crippen molar-refractivity contribution in [2.24, 2.45) is 5.73 Å². The zero-order chi connectivity index (χ0) is 14.4. The van der Waals surface area contributed by atoms with Crippen molar-refractivity contribution in [2.45, 2.75) is 12.5 Å². The minimum Gasteiger partial charge on any atom is -0.375 e. The van der Waals surface area contributed by atoms with E-state index in [2.05, 4.69) is 27.4 Å². The molecule has 2 aromatic carbocycles. The third-order valence-corrected chi connectivity index (χ3v) is 3.90. The summed E-state index contributed by atoms with van der Waals surface area (Å²) in [5.41, 5.74) is 9.73. The Labute approximate surface area is 121 Å². The smallest absolute Gasteiger partial charge is 0.250 e. The topological polar surface area (TPSA) is 83.8 Å². The number of aromatic nitrogens is 2. The van der Waals surface area contributed by atoms with Crippen molar-refractivity contribution in [3.05, 3.63) is 59.4 Å². The highest BCUT2D eigenvalue weighted by atomic mass is 16.1. The number of nitrogens with zero attached hydrogens (tertiary/aromatic N) is 1. The zero-order valence-corrected chi connectivity index (χ0v) is 11.3. The van der Waals surface area contributed by atoms with Gasteiger partial charge in [0, 0.05) is 12.1 Å². The molecular formula is C16H14N4O. The van der Waals surface area contributed by atoms with E-state index in [1.165, 1.54) is 5.56 Å². The first-order valence-corrected chi connectivity index (χ1v) is 6.85. The first-order chi connectivity index (χ1) is 10.2. The molecule has 0 saturated carbocycles. The number of primary amides is 1. The number of hydrogen-bond donors (Lipinski definition) is 3. The second-order valence-electron chi connectivity index (χ2n) is 5.25. The molecule has 1 aromatic heterocycles. The van der Waals surface area contributed by atoms with Crippen molar-refractivity contribution >= 4 is 22.6 Å². The molecule has 21 heavy (non-hydrogen) atoms. The van der Waals surface area contributed by atoms with Crippen LogP contribution in [-0.4, -0.2) is 15.9 Å². The summed E-state index contributed by atoms with van der Waals surface area (Å²) in [5, 5.41) is 3.45. The van der Waals surface area contributed by atoms with E-state index in [4.69, 9.17) is 5.73 Å². The summed E-state index contributed by atoms with van der Waals surface area (Å²) in [6.45, 7) is 0. The van der Waals surface area contributed by atoms with Crippen LogP contribution in [0, 0.1) is 0 Å². The van der Waals surface area contributed by atoms with Gasteiger partial charge in [-0.25, -0.2) is 4.98 Å². The van der Waals surface area contributed by atoms with Gasteiger partial charge in [0.25, 0.3) is 5.91 Å². The molecule has 0 fully saturated rings. The fraction of sp³-hybridized carbons (Fsp3) is 0.125. The fourth-order valence-electron chi connectivity index (χ4n) is 2.88. The average Bonchev–Trinajstić information content (AvgIpc) is 3.09. The number of carbonyl (C=O) groups is 1.